The Labute approximate surface area is 149 Å². The lowest BCUT2D eigenvalue weighted by atomic mass is 10.2. The minimum Gasteiger partial charge on any atom is -0.326 e. The van der Waals surface area contributed by atoms with Crippen LogP contribution in [0, 0.1) is 5.82 Å². The van der Waals surface area contributed by atoms with Crippen LogP contribution in [-0.2, 0) is 9.59 Å². The molecule has 24 heavy (non-hydrogen) atoms. The van der Waals surface area contributed by atoms with Crippen molar-refractivity contribution in [3.63, 3.8) is 0 Å². The first kappa shape index (κ1) is 18.2. The monoisotopic (exact) mass is 368 g/mol. The number of benzene rings is 2. The first-order chi connectivity index (χ1) is 11.4. The number of nitrogens with one attached hydrogen (secondary N) is 1. The van der Waals surface area contributed by atoms with Crippen molar-refractivity contribution in [1.29, 1.82) is 0 Å². The second-order valence-corrected chi connectivity index (χ2v) is 5.86. The highest BCUT2D eigenvalue weighted by atomic mass is 35.5. The van der Waals surface area contributed by atoms with Gasteiger partial charge >= 0.3 is 0 Å². The second kappa shape index (κ2) is 8.13. The quantitative estimate of drug-likeness (QED) is 0.843. The molecule has 4 nitrogen and oxygen atoms in total. The molecule has 2 aromatic carbocycles. The topological polar surface area (TPSA) is 49.4 Å². The van der Waals surface area contributed by atoms with Gasteiger partial charge in [-0.15, -0.1) is 0 Å². The number of carbonyl (C=O) groups excluding carboxylic acids is 2. The molecular weight excluding hydrogens is 354 g/mol. The number of rotatable bonds is 5. The second-order valence-electron chi connectivity index (χ2n) is 5.05. The van der Waals surface area contributed by atoms with Crippen LogP contribution in [-0.4, -0.2) is 18.4 Å². The van der Waals surface area contributed by atoms with Gasteiger partial charge in [-0.2, -0.15) is 0 Å². The molecule has 126 valence electrons. The Morgan fingerprint density at radius 3 is 2.46 bits per heavy atom. The summed E-state index contributed by atoms with van der Waals surface area (Å²) in [4.78, 5) is 25.3. The Kier molecular flexibility index (Phi) is 6.17. The van der Waals surface area contributed by atoms with Gasteiger partial charge in [0.1, 0.15) is 5.82 Å². The summed E-state index contributed by atoms with van der Waals surface area (Å²) in [5.41, 5.74) is 0.933. The molecule has 0 aromatic heterocycles. The van der Waals surface area contributed by atoms with Crippen LogP contribution in [0.4, 0.5) is 15.8 Å². The fourth-order valence-electron chi connectivity index (χ4n) is 2.13. The van der Waals surface area contributed by atoms with Gasteiger partial charge in [-0.1, -0.05) is 35.3 Å². The summed E-state index contributed by atoms with van der Waals surface area (Å²) in [6.45, 7) is 1.57. The number of anilines is 2. The van der Waals surface area contributed by atoms with Gasteiger partial charge in [-0.25, -0.2) is 4.39 Å². The van der Waals surface area contributed by atoms with Crippen LogP contribution in [0.1, 0.15) is 13.3 Å². The summed E-state index contributed by atoms with van der Waals surface area (Å²) < 4.78 is 13.1. The van der Waals surface area contributed by atoms with Crippen molar-refractivity contribution in [2.24, 2.45) is 0 Å². The molecule has 0 aliphatic rings. The SMILES string of the molecule is CC(=O)N(CCC(=O)Nc1ccc(F)c(Cl)c1)c1ccccc1Cl. The minimum absolute atomic E-state index is 0.0554. The molecule has 0 unspecified atom stereocenters. The number of carbonyl (C=O) groups is 2. The van der Waals surface area contributed by atoms with Crippen molar-refractivity contribution in [1.82, 2.24) is 0 Å². The average molecular weight is 369 g/mol. The van der Waals surface area contributed by atoms with E-state index in [0.29, 0.717) is 16.4 Å². The highest BCUT2D eigenvalue weighted by Crippen LogP contribution is 2.25. The molecule has 2 aromatic rings. The van der Waals surface area contributed by atoms with Crippen molar-refractivity contribution in [2.75, 3.05) is 16.8 Å². The lowest BCUT2D eigenvalue weighted by Gasteiger charge is -2.22. The lowest BCUT2D eigenvalue weighted by molar-refractivity contribution is -0.117. The van der Waals surface area contributed by atoms with E-state index in [1.165, 1.54) is 30.0 Å². The Morgan fingerprint density at radius 2 is 1.83 bits per heavy atom. The highest BCUT2D eigenvalue weighted by Gasteiger charge is 2.16. The molecule has 2 rings (SSSR count). The molecule has 0 spiro atoms. The normalized spacial score (nSPS) is 10.3. The van der Waals surface area contributed by atoms with Gasteiger partial charge < -0.3 is 10.2 Å². The number of hydrogen-bond acceptors (Lipinski definition) is 2. The van der Waals surface area contributed by atoms with Crippen LogP contribution in [0.15, 0.2) is 42.5 Å². The summed E-state index contributed by atoms with van der Waals surface area (Å²) in [5.74, 6) is -1.10. The molecule has 7 heteroatoms. The molecule has 0 bridgehead atoms. The maximum Gasteiger partial charge on any atom is 0.226 e. The van der Waals surface area contributed by atoms with E-state index in [1.807, 2.05) is 0 Å². The molecule has 0 atom stereocenters. The summed E-state index contributed by atoms with van der Waals surface area (Å²) in [6, 6.07) is 10.8. The molecule has 0 radical (unpaired) electrons. The van der Waals surface area contributed by atoms with Crippen LogP contribution < -0.4 is 10.2 Å². The maximum atomic E-state index is 13.1. The molecule has 1 N–H and O–H groups in total. The fraction of sp³-hybridized carbons (Fsp3) is 0.176. The van der Waals surface area contributed by atoms with E-state index in [1.54, 1.807) is 24.3 Å². The third-order valence-electron chi connectivity index (χ3n) is 3.29. The van der Waals surface area contributed by atoms with E-state index < -0.39 is 5.82 Å². The van der Waals surface area contributed by atoms with Crippen LogP contribution in [0.2, 0.25) is 10.0 Å². The van der Waals surface area contributed by atoms with E-state index in [4.69, 9.17) is 23.2 Å². The first-order valence-corrected chi connectivity index (χ1v) is 7.91. The molecule has 2 amide bonds. The van der Waals surface area contributed by atoms with E-state index in [9.17, 15) is 14.0 Å². The van der Waals surface area contributed by atoms with Crippen molar-refractivity contribution < 1.29 is 14.0 Å². The predicted molar refractivity (Wildman–Crippen MR) is 94.1 cm³/mol. The van der Waals surface area contributed by atoms with E-state index in [0.717, 1.165) is 0 Å². The van der Waals surface area contributed by atoms with Crippen LogP contribution in [0.5, 0.6) is 0 Å². The maximum absolute atomic E-state index is 13.1. The van der Waals surface area contributed by atoms with Crippen LogP contribution >= 0.6 is 23.2 Å². The molecule has 0 fully saturated rings. The third kappa shape index (κ3) is 4.69. The molecule has 0 aliphatic carbocycles. The number of nitrogens with zero attached hydrogens (tertiary/aromatic N) is 1. The van der Waals surface area contributed by atoms with Crippen molar-refractivity contribution in [3.05, 3.63) is 58.3 Å². The number of halogens is 3. The van der Waals surface area contributed by atoms with Gasteiger partial charge in [-0.3, -0.25) is 9.59 Å². The Bertz CT molecular complexity index is 768. The van der Waals surface area contributed by atoms with Gasteiger partial charge in [0, 0.05) is 25.6 Å². The van der Waals surface area contributed by atoms with Gasteiger partial charge in [0.2, 0.25) is 11.8 Å². The van der Waals surface area contributed by atoms with Crippen molar-refractivity contribution >= 4 is 46.4 Å². The summed E-state index contributed by atoms with van der Waals surface area (Å²) in [6.07, 6.45) is 0.0554. The number of amides is 2. The largest absolute Gasteiger partial charge is 0.326 e. The Hall–Kier alpha value is -2.11. The summed E-state index contributed by atoms with van der Waals surface area (Å²) >= 11 is 11.8. The fourth-order valence-corrected chi connectivity index (χ4v) is 2.55. The minimum atomic E-state index is -0.559. The smallest absolute Gasteiger partial charge is 0.226 e. The average Bonchev–Trinajstić information content (AvgIpc) is 2.52. The van der Waals surface area contributed by atoms with Crippen molar-refractivity contribution in [3.8, 4) is 0 Å². The standard InChI is InChI=1S/C17H15Cl2FN2O2/c1-11(23)22(16-5-3-2-4-13(16)18)9-8-17(24)21-12-6-7-15(20)14(19)10-12/h2-7,10H,8-9H2,1H3,(H,21,24). The molecular formula is C17H15Cl2FN2O2. The zero-order valence-electron chi connectivity index (χ0n) is 12.9. The zero-order chi connectivity index (χ0) is 17.7. The van der Waals surface area contributed by atoms with E-state index >= 15 is 0 Å². The molecule has 0 heterocycles. The number of para-hydroxylation sites is 1. The molecule has 0 saturated heterocycles. The van der Waals surface area contributed by atoms with E-state index in [2.05, 4.69) is 5.32 Å². The summed E-state index contributed by atoms with van der Waals surface area (Å²) in [5, 5.41) is 2.96. The third-order valence-corrected chi connectivity index (χ3v) is 3.90. The van der Waals surface area contributed by atoms with Crippen LogP contribution in [0.25, 0.3) is 0 Å². The van der Waals surface area contributed by atoms with Gasteiger partial charge in [-0.05, 0) is 30.3 Å². The van der Waals surface area contributed by atoms with Gasteiger partial charge in [0.05, 0.1) is 15.7 Å². The predicted octanol–water partition coefficient (Wildman–Crippen LogP) is 4.51. The Balaban J connectivity index is 2.01. The zero-order valence-corrected chi connectivity index (χ0v) is 14.4. The summed E-state index contributed by atoms with van der Waals surface area (Å²) in [7, 11) is 0. The van der Waals surface area contributed by atoms with Crippen LogP contribution in [0.3, 0.4) is 0 Å². The molecule has 0 aliphatic heterocycles. The number of hydrogen-bond donors (Lipinski definition) is 1. The van der Waals surface area contributed by atoms with Gasteiger partial charge in [0.15, 0.2) is 0 Å². The van der Waals surface area contributed by atoms with Gasteiger partial charge in [0.25, 0.3) is 0 Å². The first-order valence-electron chi connectivity index (χ1n) is 7.16. The highest BCUT2D eigenvalue weighted by molar-refractivity contribution is 6.33. The van der Waals surface area contributed by atoms with Crippen molar-refractivity contribution in [2.45, 2.75) is 13.3 Å². The van der Waals surface area contributed by atoms with E-state index in [-0.39, 0.29) is 29.8 Å². The lowest BCUT2D eigenvalue weighted by Crippen LogP contribution is -2.32. The Morgan fingerprint density at radius 1 is 1.12 bits per heavy atom. The molecule has 0 saturated carbocycles.